The minimum Gasteiger partial charge on any atom is -0.480 e. The van der Waals surface area contributed by atoms with Crippen LogP contribution in [0.5, 0.6) is 0 Å². The van der Waals surface area contributed by atoms with Crippen LogP contribution in [0, 0.1) is 0 Å². The maximum Gasteiger partial charge on any atom is 0.395 e. The molecule has 0 heterocycles. The Morgan fingerprint density at radius 1 is 1.00 bits per heavy atom. The van der Waals surface area contributed by atoms with Crippen molar-refractivity contribution < 1.29 is 23.1 Å². The van der Waals surface area contributed by atoms with Crippen molar-refractivity contribution in [1.29, 1.82) is 0 Å². The van der Waals surface area contributed by atoms with Gasteiger partial charge in [-0.05, 0) is 59.2 Å². The topological polar surface area (TPSA) is 63.3 Å². The minimum atomic E-state index is -4.38. The van der Waals surface area contributed by atoms with Crippen LogP contribution in [0.4, 0.5) is 13.2 Å². The maximum atomic E-state index is 13.5. The highest BCUT2D eigenvalue weighted by atomic mass is 35.5. The third-order valence-electron chi connectivity index (χ3n) is 4.35. The molecule has 0 amide bonds. The molecule has 0 saturated carbocycles. The number of benzene rings is 2. The Bertz CT molecular complexity index is 811. The van der Waals surface area contributed by atoms with Crippen LogP contribution in [0.1, 0.15) is 24.3 Å². The summed E-state index contributed by atoms with van der Waals surface area (Å²) in [5, 5.41) is 9.62. The van der Waals surface area contributed by atoms with E-state index in [2.05, 4.69) is 0 Å². The Morgan fingerprint density at radius 2 is 1.55 bits per heavy atom. The predicted molar refractivity (Wildman–Crippen MR) is 113 cm³/mol. The molecule has 0 saturated heterocycles. The molecule has 2 aromatic carbocycles. The van der Waals surface area contributed by atoms with E-state index in [4.69, 9.17) is 34.0 Å². The second-order valence-corrected chi connectivity index (χ2v) is 8.61. The Balaban J connectivity index is 2.04. The standard InChI is InChI=1S/C20H20Cl2F3NO2S/c21-15-9-14(10-16(22)11-15)12-1-3-13(4-2-12)17(20(23,24)25)5-7-29-8-6-18(26)19(27)28/h1-4,9-11,17-18H,5-8,26H2,(H,27,28). The number of carbonyl (C=O) groups is 1. The van der Waals surface area contributed by atoms with Crippen molar-refractivity contribution in [3.05, 3.63) is 58.1 Å². The molecule has 2 rings (SSSR count). The molecule has 29 heavy (non-hydrogen) atoms. The van der Waals surface area contributed by atoms with Crippen molar-refractivity contribution in [1.82, 2.24) is 0 Å². The number of alkyl halides is 3. The third-order valence-corrected chi connectivity index (χ3v) is 5.83. The zero-order valence-corrected chi connectivity index (χ0v) is 17.6. The van der Waals surface area contributed by atoms with E-state index in [1.807, 2.05) is 0 Å². The molecule has 2 aromatic rings. The number of carboxylic acid groups (broad SMARTS) is 1. The minimum absolute atomic E-state index is 0.0984. The average molecular weight is 466 g/mol. The normalized spacial score (nSPS) is 13.9. The number of rotatable bonds is 9. The number of thioether (sulfide) groups is 1. The van der Waals surface area contributed by atoms with E-state index in [-0.39, 0.29) is 24.2 Å². The molecule has 0 radical (unpaired) electrons. The van der Waals surface area contributed by atoms with Gasteiger partial charge in [0.15, 0.2) is 0 Å². The Labute approximate surface area is 181 Å². The van der Waals surface area contributed by atoms with Crippen LogP contribution in [0.2, 0.25) is 10.0 Å². The second-order valence-electron chi connectivity index (χ2n) is 6.51. The van der Waals surface area contributed by atoms with Crippen molar-refractivity contribution in [2.75, 3.05) is 11.5 Å². The summed E-state index contributed by atoms with van der Waals surface area (Å²) in [5.74, 6) is -2.06. The number of nitrogens with two attached hydrogens (primary N) is 1. The molecule has 2 unspecified atom stereocenters. The first kappa shape index (κ1) is 23.9. The Kier molecular flexibility index (Phi) is 8.70. The summed E-state index contributed by atoms with van der Waals surface area (Å²) in [6.07, 6.45) is -4.26. The molecule has 0 fully saturated rings. The molecule has 9 heteroatoms. The van der Waals surface area contributed by atoms with Crippen molar-refractivity contribution >= 4 is 40.9 Å². The number of halogens is 5. The van der Waals surface area contributed by atoms with Crippen LogP contribution < -0.4 is 5.73 Å². The fourth-order valence-corrected chi connectivity index (χ4v) is 4.34. The van der Waals surface area contributed by atoms with Crippen LogP contribution >= 0.6 is 35.0 Å². The van der Waals surface area contributed by atoms with Crippen LogP contribution in [0.15, 0.2) is 42.5 Å². The highest BCUT2D eigenvalue weighted by molar-refractivity contribution is 7.99. The average Bonchev–Trinajstić information content (AvgIpc) is 2.62. The molecule has 158 valence electrons. The van der Waals surface area contributed by atoms with Gasteiger partial charge in [-0.2, -0.15) is 24.9 Å². The lowest BCUT2D eigenvalue weighted by molar-refractivity contribution is -0.150. The lowest BCUT2D eigenvalue weighted by atomic mass is 9.94. The molecule has 3 N–H and O–H groups in total. The molecule has 3 nitrogen and oxygen atoms in total. The predicted octanol–water partition coefficient (Wildman–Crippen LogP) is 6.23. The molecule has 0 spiro atoms. The Hall–Kier alpha value is -1.41. The monoisotopic (exact) mass is 465 g/mol. The number of hydrogen-bond donors (Lipinski definition) is 2. The van der Waals surface area contributed by atoms with Crippen LogP contribution in [-0.2, 0) is 4.79 Å². The van der Waals surface area contributed by atoms with Crippen LogP contribution in [0.3, 0.4) is 0 Å². The zero-order chi connectivity index (χ0) is 21.6. The first-order chi connectivity index (χ1) is 13.6. The summed E-state index contributed by atoms with van der Waals surface area (Å²) in [4.78, 5) is 10.7. The first-order valence-electron chi connectivity index (χ1n) is 8.77. The highest BCUT2D eigenvalue weighted by Crippen LogP contribution is 2.39. The van der Waals surface area contributed by atoms with E-state index < -0.39 is 24.1 Å². The second kappa shape index (κ2) is 10.6. The van der Waals surface area contributed by atoms with Gasteiger partial charge in [-0.1, -0.05) is 47.5 Å². The number of aliphatic carboxylic acids is 1. The molecule has 0 aliphatic rings. The molecule has 2 atom stereocenters. The van der Waals surface area contributed by atoms with Gasteiger partial charge in [-0.15, -0.1) is 0 Å². The van der Waals surface area contributed by atoms with Gasteiger partial charge in [-0.3, -0.25) is 4.79 Å². The van der Waals surface area contributed by atoms with Crippen molar-refractivity contribution in [3.63, 3.8) is 0 Å². The smallest absolute Gasteiger partial charge is 0.395 e. The van der Waals surface area contributed by atoms with Crippen molar-refractivity contribution in [2.45, 2.75) is 31.0 Å². The van der Waals surface area contributed by atoms with Crippen molar-refractivity contribution in [2.24, 2.45) is 5.73 Å². The molecular weight excluding hydrogens is 446 g/mol. The highest BCUT2D eigenvalue weighted by Gasteiger charge is 2.40. The van der Waals surface area contributed by atoms with Crippen LogP contribution in [0.25, 0.3) is 11.1 Å². The van der Waals surface area contributed by atoms with Gasteiger partial charge in [0.05, 0.1) is 5.92 Å². The third kappa shape index (κ3) is 7.41. The van der Waals surface area contributed by atoms with Gasteiger partial charge in [0, 0.05) is 10.0 Å². The molecule has 0 aliphatic carbocycles. The van der Waals surface area contributed by atoms with Gasteiger partial charge in [0.25, 0.3) is 0 Å². The van der Waals surface area contributed by atoms with Gasteiger partial charge in [0.2, 0.25) is 0 Å². The molecule has 0 aromatic heterocycles. The number of hydrogen-bond acceptors (Lipinski definition) is 3. The van der Waals surface area contributed by atoms with E-state index in [1.54, 1.807) is 30.3 Å². The first-order valence-corrected chi connectivity index (χ1v) is 10.7. The Morgan fingerprint density at radius 3 is 2.07 bits per heavy atom. The molecule has 0 bridgehead atoms. The molecular formula is C20H20Cl2F3NO2S. The summed E-state index contributed by atoms with van der Waals surface area (Å²) in [5.41, 5.74) is 7.01. The largest absolute Gasteiger partial charge is 0.480 e. The summed E-state index contributed by atoms with van der Waals surface area (Å²) < 4.78 is 40.6. The SMILES string of the molecule is NC(CCSCCC(c1ccc(-c2cc(Cl)cc(Cl)c2)cc1)C(F)(F)F)C(=O)O. The maximum absolute atomic E-state index is 13.5. The van der Waals surface area contributed by atoms with Gasteiger partial charge in [0.1, 0.15) is 6.04 Å². The van der Waals surface area contributed by atoms with Gasteiger partial charge >= 0.3 is 12.1 Å². The summed E-state index contributed by atoms with van der Waals surface area (Å²) in [7, 11) is 0. The van der Waals surface area contributed by atoms with Crippen molar-refractivity contribution in [3.8, 4) is 11.1 Å². The zero-order valence-electron chi connectivity index (χ0n) is 15.3. The van der Waals surface area contributed by atoms with E-state index in [1.165, 1.54) is 23.9 Å². The van der Waals surface area contributed by atoms with E-state index in [0.29, 0.717) is 15.8 Å². The van der Waals surface area contributed by atoms with E-state index >= 15 is 0 Å². The van der Waals surface area contributed by atoms with E-state index in [9.17, 15) is 18.0 Å². The summed E-state index contributed by atoms with van der Waals surface area (Å²) >= 11 is 13.2. The van der Waals surface area contributed by atoms with Gasteiger partial charge in [-0.25, -0.2) is 0 Å². The number of carboxylic acids is 1. The lowest BCUT2D eigenvalue weighted by Crippen LogP contribution is -2.30. The van der Waals surface area contributed by atoms with Gasteiger partial charge < -0.3 is 10.8 Å². The summed E-state index contributed by atoms with van der Waals surface area (Å²) in [6.45, 7) is 0. The van der Waals surface area contributed by atoms with E-state index in [0.717, 1.165) is 11.1 Å². The lowest BCUT2D eigenvalue weighted by Gasteiger charge is -2.21. The fraction of sp³-hybridized carbons (Fsp3) is 0.350. The molecule has 0 aliphatic heterocycles. The fourth-order valence-electron chi connectivity index (χ4n) is 2.78. The van der Waals surface area contributed by atoms with Crippen LogP contribution in [-0.4, -0.2) is 34.8 Å². The summed E-state index contributed by atoms with van der Waals surface area (Å²) in [6, 6.07) is 10.2. The quantitative estimate of drug-likeness (QED) is 0.430.